The summed E-state index contributed by atoms with van der Waals surface area (Å²) in [5.74, 6) is -1.01. The van der Waals surface area contributed by atoms with E-state index in [0.717, 1.165) is 4.70 Å². The Morgan fingerprint density at radius 1 is 1.30 bits per heavy atom. The van der Waals surface area contributed by atoms with Gasteiger partial charge >= 0.3 is 0 Å². The van der Waals surface area contributed by atoms with Gasteiger partial charge in [0.25, 0.3) is 11.5 Å². The molecular weight excluding hydrogens is 336 g/mol. The molecule has 1 amide bonds. The van der Waals surface area contributed by atoms with Crippen LogP contribution in [0.2, 0.25) is 0 Å². The van der Waals surface area contributed by atoms with Crippen LogP contribution in [0.25, 0.3) is 15.2 Å². The van der Waals surface area contributed by atoms with Crippen LogP contribution in [0.4, 0.5) is 5.82 Å². The van der Waals surface area contributed by atoms with E-state index in [9.17, 15) is 14.7 Å². The third kappa shape index (κ3) is 2.17. The number of amides is 1. The predicted molar refractivity (Wildman–Crippen MR) is 88.6 cm³/mol. The van der Waals surface area contributed by atoms with Crippen molar-refractivity contribution in [3.63, 3.8) is 0 Å². The Bertz CT molecular complexity index is 1100. The normalized spacial score (nSPS) is 11.1. The van der Waals surface area contributed by atoms with Crippen molar-refractivity contribution >= 4 is 49.6 Å². The number of nitrogens with one attached hydrogen (secondary N) is 1. The molecule has 4 rings (SSSR count). The van der Waals surface area contributed by atoms with E-state index in [1.165, 1.54) is 27.1 Å². The van der Waals surface area contributed by atoms with E-state index < -0.39 is 22.9 Å². The van der Waals surface area contributed by atoms with Crippen molar-refractivity contribution in [1.29, 1.82) is 0 Å². The molecule has 0 bridgehead atoms. The first kappa shape index (κ1) is 13.9. The molecule has 114 valence electrons. The van der Waals surface area contributed by atoms with Crippen LogP contribution in [-0.4, -0.2) is 25.4 Å². The maximum absolute atomic E-state index is 12.7. The first-order valence-corrected chi connectivity index (χ1v) is 8.24. The lowest BCUT2D eigenvalue weighted by Crippen LogP contribution is -2.26. The molecule has 0 fully saturated rings. The number of para-hydroxylation sites is 1. The summed E-state index contributed by atoms with van der Waals surface area (Å²) < 4.78 is 2.17. The fraction of sp³-hybridized carbons (Fsp3) is 0. The Kier molecular flexibility index (Phi) is 3.10. The topological polar surface area (TPSA) is 96.6 Å². The van der Waals surface area contributed by atoms with Gasteiger partial charge in [0.1, 0.15) is 5.82 Å². The highest BCUT2D eigenvalue weighted by Crippen LogP contribution is 2.25. The van der Waals surface area contributed by atoms with Gasteiger partial charge in [-0.25, -0.2) is 4.98 Å². The molecule has 3 heterocycles. The van der Waals surface area contributed by atoms with Gasteiger partial charge in [-0.2, -0.15) is 4.98 Å². The van der Waals surface area contributed by atoms with Gasteiger partial charge in [0.2, 0.25) is 10.8 Å². The largest absolute Gasteiger partial charge is 0.492 e. The number of hydrogen-bond donors (Lipinski definition) is 2. The summed E-state index contributed by atoms with van der Waals surface area (Å²) in [6.45, 7) is 0. The number of benzene rings is 1. The maximum Gasteiger partial charge on any atom is 0.275 e. The summed E-state index contributed by atoms with van der Waals surface area (Å²) in [5.41, 5.74) is 1.18. The number of carbonyl (C=O) groups excluding carboxylic acids is 1. The number of aromatic nitrogens is 3. The van der Waals surface area contributed by atoms with Crippen molar-refractivity contribution < 1.29 is 9.90 Å². The second-order valence-electron chi connectivity index (χ2n) is 4.63. The van der Waals surface area contributed by atoms with E-state index >= 15 is 0 Å². The smallest absolute Gasteiger partial charge is 0.275 e. The van der Waals surface area contributed by atoms with Gasteiger partial charge < -0.3 is 10.4 Å². The van der Waals surface area contributed by atoms with E-state index in [4.69, 9.17) is 0 Å². The molecule has 0 spiro atoms. The van der Waals surface area contributed by atoms with Crippen LogP contribution < -0.4 is 10.9 Å². The summed E-state index contributed by atoms with van der Waals surface area (Å²) in [6.07, 6.45) is 0. The average Bonchev–Trinajstić information content (AvgIpc) is 3.13. The number of aromatic hydroxyl groups is 1. The van der Waals surface area contributed by atoms with Gasteiger partial charge in [-0.3, -0.25) is 14.0 Å². The van der Waals surface area contributed by atoms with Gasteiger partial charge in [-0.15, -0.1) is 11.3 Å². The van der Waals surface area contributed by atoms with E-state index in [2.05, 4.69) is 15.3 Å². The molecule has 23 heavy (non-hydrogen) atoms. The highest BCUT2D eigenvalue weighted by atomic mass is 32.1. The van der Waals surface area contributed by atoms with Crippen molar-refractivity contribution in [3.8, 4) is 5.88 Å². The lowest BCUT2D eigenvalue weighted by Gasteiger charge is -2.04. The average molecular weight is 344 g/mol. The van der Waals surface area contributed by atoms with Crippen LogP contribution in [0.5, 0.6) is 5.88 Å². The van der Waals surface area contributed by atoms with Crippen LogP contribution in [0.15, 0.2) is 40.0 Å². The lowest BCUT2D eigenvalue weighted by atomic mass is 10.3. The summed E-state index contributed by atoms with van der Waals surface area (Å²) >= 11 is 2.57. The van der Waals surface area contributed by atoms with Crippen molar-refractivity contribution in [3.05, 3.63) is 51.1 Å². The molecule has 0 unspecified atom stereocenters. The molecule has 0 aliphatic carbocycles. The Morgan fingerprint density at radius 3 is 2.91 bits per heavy atom. The molecule has 1 aromatic carbocycles. The molecule has 0 atom stereocenters. The fourth-order valence-electron chi connectivity index (χ4n) is 2.25. The van der Waals surface area contributed by atoms with Crippen molar-refractivity contribution in [2.24, 2.45) is 0 Å². The minimum atomic E-state index is -0.740. The van der Waals surface area contributed by atoms with Gasteiger partial charge in [0.15, 0.2) is 5.56 Å². The van der Waals surface area contributed by atoms with Gasteiger partial charge in [-0.05, 0) is 12.1 Å². The van der Waals surface area contributed by atoms with Crippen LogP contribution in [0.1, 0.15) is 10.4 Å². The molecule has 3 aromatic heterocycles. The molecular formula is C14H8N4O3S2. The van der Waals surface area contributed by atoms with Crippen molar-refractivity contribution in [1.82, 2.24) is 14.4 Å². The Morgan fingerprint density at radius 2 is 2.13 bits per heavy atom. The quantitative estimate of drug-likeness (QED) is 0.582. The summed E-state index contributed by atoms with van der Waals surface area (Å²) in [7, 11) is 0. The molecule has 0 saturated carbocycles. The molecule has 0 aliphatic heterocycles. The third-order valence-electron chi connectivity index (χ3n) is 3.24. The van der Waals surface area contributed by atoms with Crippen LogP contribution in [0.3, 0.4) is 0 Å². The highest BCUT2D eigenvalue weighted by molar-refractivity contribution is 7.23. The number of anilines is 1. The Balaban J connectivity index is 1.94. The predicted octanol–water partition coefficient (Wildman–Crippen LogP) is 2.32. The Hall–Kier alpha value is -2.78. The summed E-state index contributed by atoms with van der Waals surface area (Å²) in [6, 6.07) is 7.25. The highest BCUT2D eigenvalue weighted by Gasteiger charge is 2.22. The number of hydrogen-bond acceptors (Lipinski definition) is 7. The first-order valence-electron chi connectivity index (χ1n) is 6.48. The monoisotopic (exact) mass is 344 g/mol. The summed E-state index contributed by atoms with van der Waals surface area (Å²) in [4.78, 5) is 33.2. The zero-order valence-corrected chi connectivity index (χ0v) is 13.0. The van der Waals surface area contributed by atoms with Crippen molar-refractivity contribution in [2.75, 3.05) is 5.32 Å². The second kappa shape index (κ2) is 5.14. The number of carbonyl (C=O) groups is 1. The first-order chi connectivity index (χ1) is 11.1. The third-order valence-corrected chi connectivity index (χ3v) is 4.85. The van der Waals surface area contributed by atoms with Crippen LogP contribution >= 0.6 is 22.7 Å². The molecule has 4 aromatic rings. The number of fused-ring (bicyclic) bond motifs is 3. The molecule has 9 heteroatoms. The lowest BCUT2D eigenvalue weighted by molar-refractivity contribution is 0.102. The SMILES string of the molecule is O=C(Nc1cscn1)c1c(O)nc2sc3ccccc3n2c1=O. The zero-order chi connectivity index (χ0) is 16.0. The van der Waals surface area contributed by atoms with Gasteiger partial charge in [0, 0.05) is 5.38 Å². The number of nitrogens with zero attached hydrogens (tertiary/aromatic N) is 3. The number of rotatable bonds is 2. The molecule has 7 nitrogen and oxygen atoms in total. The minimum Gasteiger partial charge on any atom is -0.492 e. The zero-order valence-electron chi connectivity index (χ0n) is 11.4. The van der Waals surface area contributed by atoms with Gasteiger partial charge in [0.05, 0.1) is 15.7 Å². The van der Waals surface area contributed by atoms with E-state index in [1.807, 2.05) is 12.1 Å². The molecule has 2 N–H and O–H groups in total. The van der Waals surface area contributed by atoms with E-state index in [-0.39, 0.29) is 0 Å². The molecule has 0 saturated heterocycles. The molecule has 0 radical (unpaired) electrons. The van der Waals surface area contributed by atoms with E-state index in [0.29, 0.717) is 16.3 Å². The van der Waals surface area contributed by atoms with Crippen molar-refractivity contribution in [2.45, 2.75) is 0 Å². The van der Waals surface area contributed by atoms with Crippen LogP contribution in [0, 0.1) is 0 Å². The maximum atomic E-state index is 12.7. The van der Waals surface area contributed by atoms with Gasteiger partial charge in [-0.1, -0.05) is 23.5 Å². The minimum absolute atomic E-state index is 0.319. The number of thiazole rings is 2. The van der Waals surface area contributed by atoms with Crippen LogP contribution in [-0.2, 0) is 0 Å². The second-order valence-corrected chi connectivity index (χ2v) is 6.36. The standard InChI is InChI=1S/C14H8N4O3S2/c19-11(16-9-5-22-6-15-9)10-12(20)17-14-18(13(10)21)7-3-1-2-4-8(7)23-14/h1-6,20H,(H,16,19). The Labute approximate surface area is 136 Å². The van der Waals surface area contributed by atoms with E-state index in [1.54, 1.807) is 23.0 Å². The fourth-order valence-corrected chi connectivity index (χ4v) is 3.75. The summed E-state index contributed by atoms with van der Waals surface area (Å²) in [5, 5.41) is 14.1. The molecule has 0 aliphatic rings.